The van der Waals surface area contributed by atoms with Crippen LogP contribution in [0.3, 0.4) is 0 Å². The molecule has 2 aromatic rings. The number of halogens is 1. The van der Waals surface area contributed by atoms with Gasteiger partial charge in [0.1, 0.15) is 0 Å². The van der Waals surface area contributed by atoms with E-state index in [0.29, 0.717) is 29.5 Å². The van der Waals surface area contributed by atoms with Gasteiger partial charge in [-0.2, -0.15) is 4.31 Å². The number of amides is 1. The van der Waals surface area contributed by atoms with E-state index in [4.69, 9.17) is 16.3 Å². The van der Waals surface area contributed by atoms with Gasteiger partial charge in [0, 0.05) is 25.0 Å². The van der Waals surface area contributed by atoms with Crippen LogP contribution in [0.15, 0.2) is 35.2 Å². The molecular weight excluding hydrogens is 448 g/mol. The number of ether oxygens (including phenoxy) is 1. The fourth-order valence-electron chi connectivity index (χ4n) is 2.77. The molecule has 0 N–H and O–H groups in total. The van der Waals surface area contributed by atoms with Crippen LogP contribution in [0.5, 0.6) is 0 Å². The summed E-state index contributed by atoms with van der Waals surface area (Å²) < 4.78 is 32.5. The van der Waals surface area contributed by atoms with Gasteiger partial charge in [-0.3, -0.25) is 4.79 Å². The van der Waals surface area contributed by atoms with E-state index >= 15 is 0 Å². The Bertz CT molecular complexity index is 1020. The molecule has 0 fully saturated rings. The predicted octanol–water partition coefficient (Wildman–Crippen LogP) is 3.56. The van der Waals surface area contributed by atoms with Crippen molar-refractivity contribution in [1.29, 1.82) is 0 Å². The lowest BCUT2D eigenvalue weighted by atomic mass is 10.1. The van der Waals surface area contributed by atoms with Crippen molar-refractivity contribution >= 4 is 44.8 Å². The van der Waals surface area contributed by atoms with Gasteiger partial charge in [0.05, 0.1) is 21.3 Å². The van der Waals surface area contributed by atoms with Crippen LogP contribution in [-0.4, -0.2) is 56.2 Å². The van der Waals surface area contributed by atoms with Crippen LogP contribution in [0.25, 0.3) is 0 Å². The number of rotatable bonds is 9. The molecule has 7 nitrogen and oxygen atoms in total. The van der Waals surface area contributed by atoms with Crippen LogP contribution in [-0.2, 0) is 26.1 Å². The fourth-order valence-corrected chi connectivity index (χ4v) is 5.39. The number of carbonyl (C=O) groups is 2. The van der Waals surface area contributed by atoms with Gasteiger partial charge >= 0.3 is 5.97 Å². The zero-order valence-corrected chi connectivity index (χ0v) is 19.7. The Labute approximate surface area is 186 Å². The summed E-state index contributed by atoms with van der Waals surface area (Å²) in [4.78, 5) is 27.2. The second-order valence-electron chi connectivity index (χ2n) is 6.60. The lowest BCUT2D eigenvalue weighted by Gasteiger charge is -2.19. The maximum atomic E-state index is 12.7. The molecule has 1 heterocycles. The summed E-state index contributed by atoms with van der Waals surface area (Å²) >= 11 is 7.26. The smallest absolute Gasteiger partial charge is 0.338 e. The minimum absolute atomic E-state index is 0.0155. The molecule has 0 bridgehead atoms. The molecule has 0 atom stereocenters. The van der Waals surface area contributed by atoms with E-state index in [1.165, 1.54) is 32.7 Å². The van der Waals surface area contributed by atoms with E-state index in [9.17, 15) is 18.0 Å². The van der Waals surface area contributed by atoms with Crippen LogP contribution in [0.4, 0.5) is 0 Å². The molecule has 0 radical (unpaired) electrons. The third kappa shape index (κ3) is 5.81. The normalized spacial score (nSPS) is 11.5. The number of hydrogen-bond acceptors (Lipinski definition) is 6. The Balaban J connectivity index is 2.08. The number of thiophene rings is 1. The molecule has 0 aliphatic rings. The van der Waals surface area contributed by atoms with Crippen LogP contribution in [0.1, 0.15) is 34.6 Å². The molecule has 1 aromatic heterocycles. The first-order chi connectivity index (χ1) is 14.1. The Hall–Kier alpha value is -1.94. The highest BCUT2D eigenvalue weighted by atomic mass is 35.5. The van der Waals surface area contributed by atoms with Crippen LogP contribution in [0, 0.1) is 6.92 Å². The number of aryl methyl sites for hydroxylation is 1. The largest absolute Gasteiger partial charge is 0.452 e. The van der Waals surface area contributed by atoms with Crippen molar-refractivity contribution in [3.05, 3.63) is 50.7 Å². The summed E-state index contributed by atoms with van der Waals surface area (Å²) in [6, 6.07) is 7.90. The zero-order valence-electron chi connectivity index (χ0n) is 17.3. The summed E-state index contributed by atoms with van der Waals surface area (Å²) in [7, 11) is -2.11. The second kappa shape index (κ2) is 10.4. The zero-order chi connectivity index (χ0) is 22.5. The van der Waals surface area contributed by atoms with E-state index in [1.807, 2.05) is 6.07 Å². The monoisotopic (exact) mass is 472 g/mol. The van der Waals surface area contributed by atoms with Crippen LogP contribution >= 0.6 is 22.9 Å². The van der Waals surface area contributed by atoms with Crippen molar-refractivity contribution in [2.24, 2.45) is 0 Å². The van der Waals surface area contributed by atoms with E-state index < -0.39 is 22.6 Å². The fraction of sp³-hybridized carbons (Fsp3) is 0.400. The van der Waals surface area contributed by atoms with E-state index in [-0.39, 0.29) is 16.4 Å². The van der Waals surface area contributed by atoms with Crippen LogP contribution in [0.2, 0.25) is 4.34 Å². The van der Waals surface area contributed by atoms with E-state index in [0.717, 1.165) is 4.88 Å². The number of benzene rings is 1. The maximum Gasteiger partial charge on any atom is 0.338 e. The van der Waals surface area contributed by atoms with E-state index in [1.54, 1.807) is 40.0 Å². The number of likely N-dealkylation sites (N-methyl/N-ethyl adjacent to an activating group) is 1. The highest BCUT2D eigenvalue weighted by Gasteiger charge is 2.24. The van der Waals surface area contributed by atoms with Crippen molar-refractivity contribution in [2.45, 2.75) is 32.2 Å². The van der Waals surface area contributed by atoms with Gasteiger partial charge in [-0.05, 0) is 36.8 Å². The molecule has 0 aliphatic carbocycles. The number of esters is 1. The average molecular weight is 473 g/mol. The summed E-state index contributed by atoms with van der Waals surface area (Å²) in [6.45, 7) is 5.73. The van der Waals surface area contributed by atoms with Gasteiger partial charge in [-0.15, -0.1) is 11.3 Å². The molecule has 0 saturated carbocycles. The van der Waals surface area contributed by atoms with Crippen molar-refractivity contribution in [1.82, 2.24) is 9.21 Å². The van der Waals surface area contributed by atoms with Gasteiger partial charge in [-0.1, -0.05) is 31.5 Å². The van der Waals surface area contributed by atoms with E-state index in [2.05, 4.69) is 0 Å². The molecule has 30 heavy (non-hydrogen) atoms. The summed E-state index contributed by atoms with van der Waals surface area (Å²) in [6.07, 6.45) is 0. The lowest BCUT2D eigenvalue weighted by molar-refractivity contribution is -0.133. The molecule has 1 amide bonds. The second-order valence-corrected chi connectivity index (χ2v) is 10.3. The van der Waals surface area contributed by atoms with Crippen LogP contribution < -0.4 is 0 Å². The van der Waals surface area contributed by atoms with Gasteiger partial charge in [0.25, 0.3) is 5.91 Å². The Morgan fingerprint density at radius 3 is 2.37 bits per heavy atom. The number of nitrogens with zero attached hydrogens (tertiary/aromatic N) is 2. The minimum Gasteiger partial charge on any atom is -0.452 e. The molecular formula is C20H25ClN2O5S2. The summed E-state index contributed by atoms with van der Waals surface area (Å²) in [5, 5.41) is 0. The number of carbonyl (C=O) groups excluding carboxylic acids is 2. The SMILES string of the molecule is CCN(CC)S(=O)(=O)c1ccc(C)c(C(=O)OCC(=O)N(C)Cc2ccc(Cl)s2)c1. The molecule has 0 spiro atoms. The van der Waals surface area contributed by atoms with Gasteiger partial charge in [0.2, 0.25) is 10.0 Å². The first-order valence-electron chi connectivity index (χ1n) is 9.36. The lowest BCUT2D eigenvalue weighted by Crippen LogP contribution is -2.31. The summed E-state index contributed by atoms with van der Waals surface area (Å²) in [5.74, 6) is -1.12. The van der Waals surface area contributed by atoms with Gasteiger partial charge < -0.3 is 9.64 Å². The quantitative estimate of drug-likeness (QED) is 0.521. The molecule has 10 heteroatoms. The van der Waals surface area contributed by atoms with Gasteiger partial charge in [-0.25, -0.2) is 13.2 Å². The topological polar surface area (TPSA) is 84.0 Å². The predicted molar refractivity (Wildman–Crippen MR) is 117 cm³/mol. The number of hydrogen-bond donors (Lipinski definition) is 0. The van der Waals surface area contributed by atoms with Crippen molar-refractivity contribution < 1.29 is 22.7 Å². The Morgan fingerprint density at radius 2 is 1.80 bits per heavy atom. The highest BCUT2D eigenvalue weighted by molar-refractivity contribution is 7.89. The maximum absolute atomic E-state index is 12.7. The van der Waals surface area contributed by atoms with Gasteiger partial charge in [0.15, 0.2) is 6.61 Å². The average Bonchev–Trinajstić information content (AvgIpc) is 3.11. The molecule has 0 unspecified atom stereocenters. The van der Waals surface area contributed by atoms with Crippen molar-refractivity contribution in [3.63, 3.8) is 0 Å². The van der Waals surface area contributed by atoms with Crippen molar-refractivity contribution in [2.75, 3.05) is 26.7 Å². The number of sulfonamides is 1. The summed E-state index contributed by atoms with van der Waals surface area (Å²) in [5.41, 5.74) is 0.677. The molecule has 0 aliphatic heterocycles. The van der Waals surface area contributed by atoms with Crippen molar-refractivity contribution in [3.8, 4) is 0 Å². The Kier molecular flexibility index (Phi) is 8.42. The minimum atomic E-state index is -3.71. The standard InChI is InChI=1S/C20H25ClN2O5S2/c1-5-23(6-2)30(26,27)16-9-7-14(3)17(11-16)20(25)28-13-19(24)22(4)12-15-8-10-18(21)29-15/h7-11H,5-6,12-13H2,1-4H3. The molecule has 164 valence electrons. The first kappa shape index (κ1) is 24.3. The molecule has 0 saturated heterocycles. The molecule has 2 rings (SSSR count). The third-order valence-electron chi connectivity index (χ3n) is 4.55. The highest BCUT2D eigenvalue weighted by Crippen LogP contribution is 2.23. The molecule has 1 aromatic carbocycles. The Morgan fingerprint density at radius 1 is 1.13 bits per heavy atom. The first-order valence-corrected chi connectivity index (χ1v) is 12.0. The third-order valence-corrected chi connectivity index (χ3v) is 7.81.